The molecule has 2 nitrogen and oxygen atoms in total. The predicted molar refractivity (Wildman–Crippen MR) is 66.2 cm³/mol. The van der Waals surface area contributed by atoms with Crippen LogP contribution in [0.2, 0.25) is 0 Å². The Morgan fingerprint density at radius 3 is 2.35 bits per heavy atom. The molecule has 0 bridgehead atoms. The van der Waals surface area contributed by atoms with Gasteiger partial charge in [0.15, 0.2) is 0 Å². The van der Waals surface area contributed by atoms with E-state index in [0.29, 0.717) is 18.4 Å². The smallest absolute Gasteiger partial charge is 0.212 e. The molecule has 1 aliphatic rings. The number of hydrogen-bond donors (Lipinski definition) is 0. The van der Waals surface area contributed by atoms with Crippen molar-refractivity contribution in [3.05, 3.63) is 35.6 Å². The van der Waals surface area contributed by atoms with Crippen molar-refractivity contribution in [2.24, 2.45) is 0 Å². The molecule has 0 saturated heterocycles. The second-order valence-corrected chi connectivity index (χ2v) is 7.43. The molecule has 1 saturated carbocycles. The molecule has 1 aromatic rings. The van der Waals surface area contributed by atoms with Gasteiger partial charge in [0.25, 0.3) is 0 Å². The lowest BCUT2D eigenvalue weighted by Crippen LogP contribution is -2.31. The van der Waals surface area contributed by atoms with Crippen LogP contribution >= 0.6 is 10.7 Å². The largest absolute Gasteiger partial charge is 0.233 e. The summed E-state index contributed by atoms with van der Waals surface area (Å²) in [6.07, 6.45) is 3.20. The van der Waals surface area contributed by atoms with Gasteiger partial charge in [-0.2, -0.15) is 0 Å². The molecule has 2 rings (SSSR count). The third-order valence-electron chi connectivity index (χ3n) is 3.45. The van der Waals surface area contributed by atoms with Crippen LogP contribution in [0.25, 0.3) is 0 Å². The van der Waals surface area contributed by atoms with Gasteiger partial charge in [-0.05, 0) is 24.5 Å². The Balaban J connectivity index is 2.45. The van der Waals surface area contributed by atoms with E-state index >= 15 is 0 Å². The van der Waals surface area contributed by atoms with Crippen molar-refractivity contribution in [3.63, 3.8) is 0 Å². The first-order chi connectivity index (χ1) is 7.93. The average Bonchev–Trinajstić information content (AvgIpc) is 2.65. The summed E-state index contributed by atoms with van der Waals surface area (Å²) in [5, 5.41) is 0. The van der Waals surface area contributed by atoms with E-state index in [1.165, 1.54) is 6.07 Å². The highest BCUT2D eigenvalue weighted by atomic mass is 35.7. The number of halogens is 2. The number of hydrogen-bond acceptors (Lipinski definition) is 2. The summed E-state index contributed by atoms with van der Waals surface area (Å²) in [6, 6.07) is 6.38. The Bertz CT molecular complexity index is 507. The van der Waals surface area contributed by atoms with Crippen molar-refractivity contribution in [2.75, 3.05) is 5.75 Å². The van der Waals surface area contributed by atoms with Gasteiger partial charge >= 0.3 is 0 Å². The summed E-state index contributed by atoms with van der Waals surface area (Å²) in [6.45, 7) is 0. The van der Waals surface area contributed by atoms with E-state index in [0.717, 1.165) is 12.8 Å². The zero-order valence-corrected chi connectivity index (χ0v) is 10.9. The molecule has 94 valence electrons. The van der Waals surface area contributed by atoms with E-state index < -0.39 is 14.5 Å². The lowest BCUT2D eigenvalue weighted by atomic mass is 9.80. The normalized spacial score (nSPS) is 19.4. The fourth-order valence-corrected chi connectivity index (χ4v) is 4.50. The molecule has 0 spiro atoms. The topological polar surface area (TPSA) is 34.1 Å². The molecule has 0 heterocycles. The molecule has 0 atom stereocenters. The first-order valence-corrected chi connectivity index (χ1v) is 8.08. The zero-order chi connectivity index (χ0) is 12.5. The van der Waals surface area contributed by atoms with E-state index in [2.05, 4.69) is 0 Å². The second-order valence-electron chi connectivity index (χ2n) is 4.65. The van der Waals surface area contributed by atoms with E-state index in [-0.39, 0.29) is 11.6 Å². The van der Waals surface area contributed by atoms with Gasteiger partial charge in [0.1, 0.15) is 5.82 Å². The molecule has 0 amide bonds. The Morgan fingerprint density at radius 2 is 1.82 bits per heavy atom. The molecule has 0 aromatic heterocycles. The zero-order valence-electron chi connectivity index (χ0n) is 9.33. The van der Waals surface area contributed by atoms with Gasteiger partial charge in [0.05, 0.1) is 5.75 Å². The van der Waals surface area contributed by atoms with E-state index in [4.69, 9.17) is 10.7 Å². The van der Waals surface area contributed by atoms with Crippen LogP contribution in [0, 0.1) is 5.82 Å². The van der Waals surface area contributed by atoms with Crippen LogP contribution in [0.5, 0.6) is 0 Å². The van der Waals surface area contributed by atoms with E-state index in [9.17, 15) is 12.8 Å². The molecule has 0 N–H and O–H groups in total. The van der Waals surface area contributed by atoms with Gasteiger partial charge in [-0.25, -0.2) is 12.8 Å². The first kappa shape index (κ1) is 12.8. The maximum absolute atomic E-state index is 13.8. The van der Waals surface area contributed by atoms with Crippen LogP contribution in [0.1, 0.15) is 31.2 Å². The van der Waals surface area contributed by atoms with Crippen molar-refractivity contribution in [2.45, 2.75) is 31.1 Å². The molecule has 5 heteroatoms. The van der Waals surface area contributed by atoms with Crippen molar-refractivity contribution >= 4 is 19.7 Å². The van der Waals surface area contributed by atoms with Crippen LogP contribution in [0.4, 0.5) is 4.39 Å². The number of benzene rings is 1. The van der Waals surface area contributed by atoms with Crippen LogP contribution in [-0.2, 0) is 14.5 Å². The Morgan fingerprint density at radius 1 is 1.24 bits per heavy atom. The molecule has 1 fully saturated rings. The highest BCUT2D eigenvalue weighted by Crippen LogP contribution is 2.43. The minimum Gasteiger partial charge on any atom is -0.212 e. The predicted octanol–water partition coefficient (Wildman–Crippen LogP) is 3.21. The highest BCUT2D eigenvalue weighted by Gasteiger charge is 2.40. The fraction of sp³-hybridized carbons (Fsp3) is 0.500. The lowest BCUT2D eigenvalue weighted by molar-refractivity contribution is 0.455. The summed E-state index contributed by atoms with van der Waals surface area (Å²) in [4.78, 5) is 0. The maximum Gasteiger partial charge on any atom is 0.233 e. The van der Waals surface area contributed by atoms with Gasteiger partial charge in [-0.1, -0.05) is 31.0 Å². The van der Waals surface area contributed by atoms with Crippen LogP contribution in [-0.4, -0.2) is 14.2 Å². The van der Waals surface area contributed by atoms with Crippen molar-refractivity contribution < 1.29 is 12.8 Å². The average molecular weight is 277 g/mol. The third kappa shape index (κ3) is 2.80. The van der Waals surface area contributed by atoms with Crippen molar-refractivity contribution in [1.29, 1.82) is 0 Å². The van der Waals surface area contributed by atoms with E-state index in [1.54, 1.807) is 18.2 Å². The molecular weight excluding hydrogens is 263 g/mol. The summed E-state index contributed by atoms with van der Waals surface area (Å²) in [7, 11) is 1.73. The minimum atomic E-state index is -3.63. The van der Waals surface area contributed by atoms with E-state index in [1.807, 2.05) is 0 Å². The van der Waals surface area contributed by atoms with Gasteiger partial charge in [-0.15, -0.1) is 0 Å². The number of rotatable bonds is 3. The Kier molecular flexibility index (Phi) is 3.46. The minimum absolute atomic E-state index is 0.178. The first-order valence-electron chi connectivity index (χ1n) is 5.60. The SMILES string of the molecule is O=S(=O)(Cl)CC1(c2ccccc2F)CCCC1. The maximum atomic E-state index is 13.8. The molecule has 1 aliphatic carbocycles. The summed E-state index contributed by atoms with van der Waals surface area (Å²) in [5.41, 5.74) is -0.145. The highest BCUT2D eigenvalue weighted by molar-refractivity contribution is 8.13. The van der Waals surface area contributed by atoms with Gasteiger partial charge in [0.2, 0.25) is 9.05 Å². The Labute approximate surface area is 105 Å². The monoisotopic (exact) mass is 276 g/mol. The van der Waals surface area contributed by atoms with Gasteiger partial charge < -0.3 is 0 Å². The van der Waals surface area contributed by atoms with Gasteiger partial charge in [-0.3, -0.25) is 0 Å². The second kappa shape index (κ2) is 4.58. The Hall–Kier alpha value is -0.610. The summed E-state index contributed by atoms with van der Waals surface area (Å²) < 4.78 is 36.5. The molecular formula is C12H14ClFO2S. The van der Waals surface area contributed by atoms with Crippen LogP contribution < -0.4 is 0 Å². The summed E-state index contributed by atoms with van der Waals surface area (Å²) >= 11 is 0. The lowest BCUT2D eigenvalue weighted by Gasteiger charge is -2.28. The quantitative estimate of drug-likeness (QED) is 0.795. The van der Waals surface area contributed by atoms with Gasteiger partial charge in [0, 0.05) is 16.1 Å². The molecule has 0 unspecified atom stereocenters. The fourth-order valence-electron chi connectivity index (χ4n) is 2.76. The van der Waals surface area contributed by atoms with Crippen molar-refractivity contribution in [1.82, 2.24) is 0 Å². The summed E-state index contributed by atoms with van der Waals surface area (Å²) in [5.74, 6) is -0.516. The van der Waals surface area contributed by atoms with Crippen LogP contribution in [0.3, 0.4) is 0 Å². The van der Waals surface area contributed by atoms with Crippen LogP contribution in [0.15, 0.2) is 24.3 Å². The third-order valence-corrected chi connectivity index (χ3v) is 4.68. The molecule has 0 aliphatic heterocycles. The molecule has 17 heavy (non-hydrogen) atoms. The molecule has 0 radical (unpaired) electrons. The standard InChI is InChI=1S/C12H14ClFO2S/c13-17(15,16)9-12(7-3-4-8-12)10-5-1-2-6-11(10)14/h1-2,5-6H,3-4,7-9H2. The van der Waals surface area contributed by atoms with Crippen molar-refractivity contribution in [3.8, 4) is 0 Å². The molecule has 1 aromatic carbocycles.